The Morgan fingerprint density at radius 2 is 1.21 bits per heavy atom. The molecule has 2 atom stereocenters. The molecule has 2 aromatic carbocycles. The van der Waals surface area contributed by atoms with Gasteiger partial charge in [0.2, 0.25) is 0 Å². The summed E-state index contributed by atoms with van der Waals surface area (Å²) in [6.07, 6.45) is 4.23. The smallest absolute Gasteiger partial charge is 0.384 e. The first kappa shape index (κ1) is 30.8. The van der Waals surface area contributed by atoms with Crippen molar-refractivity contribution in [2.24, 2.45) is 0 Å². The van der Waals surface area contributed by atoms with Crippen molar-refractivity contribution in [3.8, 4) is 11.5 Å². The topological polar surface area (TPSA) is 69.7 Å². The molecule has 2 rings (SSSR count). The molecule has 2 aromatic rings. The second-order valence-corrected chi connectivity index (χ2v) is 10.3. The summed E-state index contributed by atoms with van der Waals surface area (Å²) >= 11 is 0. The van der Waals surface area contributed by atoms with Gasteiger partial charge in [-0.25, -0.2) is 4.79 Å². The molecule has 0 N–H and O–H groups in total. The van der Waals surface area contributed by atoms with Crippen LogP contribution in [0.15, 0.2) is 70.8 Å². The maximum absolute atomic E-state index is 12.6. The first-order valence-corrected chi connectivity index (χ1v) is 13.4. The lowest BCUT2D eigenvalue weighted by Crippen LogP contribution is -2.22. The summed E-state index contributed by atoms with van der Waals surface area (Å²) in [6, 6.07) is 15.2. The minimum Gasteiger partial charge on any atom is -0.427 e. The molecule has 0 saturated heterocycles. The van der Waals surface area contributed by atoms with E-state index in [0.29, 0.717) is 28.9 Å². The van der Waals surface area contributed by atoms with Gasteiger partial charge in [0, 0.05) is 12.5 Å². The lowest BCUT2D eigenvalue weighted by atomic mass is 9.88. The van der Waals surface area contributed by atoms with Crippen LogP contribution in [0.5, 0.6) is 11.5 Å². The summed E-state index contributed by atoms with van der Waals surface area (Å²) in [5, 5.41) is 0. The van der Waals surface area contributed by atoms with E-state index in [9.17, 15) is 14.4 Å². The predicted octanol–water partition coefficient (Wildman–Crippen LogP) is 8.25. The molecule has 0 radical (unpaired) electrons. The number of esters is 2. The van der Waals surface area contributed by atoms with Crippen LogP contribution in [0.4, 0.5) is 0 Å². The monoisotopic (exact) mass is 518 g/mol. The number of carbonyl (C=O) groups excluding carboxylic acids is 3. The molecule has 0 aromatic heterocycles. The van der Waals surface area contributed by atoms with E-state index >= 15 is 0 Å². The fourth-order valence-corrected chi connectivity index (χ4v) is 4.42. The Kier molecular flexibility index (Phi) is 11.7. The summed E-state index contributed by atoms with van der Waals surface area (Å²) in [4.78, 5) is 36.1. The average molecular weight is 519 g/mol. The molecule has 38 heavy (non-hydrogen) atoms. The van der Waals surface area contributed by atoms with Gasteiger partial charge in [-0.15, -0.1) is 0 Å². The molecular formula is C33H42O5. The second-order valence-electron chi connectivity index (χ2n) is 10.3. The zero-order valence-electron chi connectivity index (χ0n) is 24.1. The largest absolute Gasteiger partial charge is 0.427 e. The van der Waals surface area contributed by atoms with E-state index in [0.717, 1.165) is 42.4 Å². The van der Waals surface area contributed by atoms with Gasteiger partial charge in [0.15, 0.2) is 0 Å². The Bertz CT molecular complexity index is 1180. The summed E-state index contributed by atoms with van der Waals surface area (Å²) in [6.45, 7) is 15.2. The Morgan fingerprint density at radius 1 is 0.684 bits per heavy atom. The van der Waals surface area contributed by atoms with Crippen LogP contribution >= 0.6 is 0 Å². The van der Waals surface area contributed by atoms with Crippen LogP contribution < -0.4 is 9.47 Å². The normalized spacial score (nSPS) is 13.2. The van der Waals surface area contributed by atoms with E-state index in [2.05, 4.69) is 13.8 Å². The fraction of sp³-hybridized carbons (Fsp3) is 0.424. The summed E-state index contributed by atoms with van der Waals surface area (Å²) in [5.41, 5.74) is 5.75. The van der Waals surface area contributed by atoms with Gasteiger partial charge in [0.05, 0.1) is 0 Å². The number of hydrogen-bond acceptors (Lipinski definition) is 5. The van der Waals surface area contributed by atoms with Gasteiger partial charge in [-0.05, 0) is 112 Å². The SMILES string of the molecule is CCC(CCCC(C)c1ccc(OC(=O)C(=O)/C(C)=C(\C)C(C)=C(C)C)cc1)c1ccc(OC(C)=O)cc1. The zero-order chi connectivity index (χ0) is 28.4. The van der Waals surface area contributed by atoms with Crippen molar-refractivity contribution in [2.75, 3.05) is 0 Å². The minimum atomic E-state index is -0.865. The minimum absolute atomic E-state index is 0.314. The highest BCUT2D eigenvalue weighted by Gasteiger charge is 2.21. The molecule has 0 fully saturated rings. The Labute approximate surface area is 227 Å². The molecule has 0 aliphatic rings. The molecule has 2 unspecified atom stereocenters. The standard InChI is InChI=1S/C33H42O5/c1-9-27(29-15-19-30(20-16-29)37-26(8)34)12-10-11-22(4)28-13-17-31(18-14-28)38-33(36)32(35)25(7)24(6)23(5)21(2)3/h13-20,22,27H,9-12H2,1-8H3/b25-24+. The number of ether oxygens (including phenoxy) is 2. The van der Waals surface area contributed by atoms with E-state index in [1.54, 1.807) is 19.1 Å². The number of rotatable bonds is 12. The number of ketones is 1. The van der Waals surface area contributed by atoms with Crippen molar-refractivity contribution in [3.05, 3.63) is 82.0 Å². The maximum atomic E-state index is 12.6. The van der Waals surface area contributed by atoms with Gasteiger partial charge in [0.25, 0.3) is 5.78 Å². The molecule has 5 heteroatoms. The van der Waals surface area contributed by atoms with E-state index in [1.165, 1.54) is 18.1 Å². The quantitative estimate of drug-likeness (QED) is 0.0930. The van der Waals surface area contributed by atoms with Crippen LogP contribution in [0.2, 0.25) is 0 Å². The Balaban J connectivity index is 1.92. The first-order chi connectivity index (χ1) is 17.9. The molecule has 204 valence electrons. The van der Waals surface area contributed by atoms with Crippen molar-refractivity contribution in [1.82, 2.24) is 0 Å². The van der Waals surface area contributed by atoms with Crippen LogP contribution in [-0.4, -0.2) is 17.7 Å². The second kappa shape index (κ2) is 14.5. The molecule has 0 aliphatic carbocycles. The lowest BCUT2D eigenvalue weighted by Gasteiger charge is -2.18. The third kappa shape index (κ3) is 8.83. The molecular weight excluding hydrogens is 476 g/mol. The van der Waals surface area contributed by atoms with Crippen molar-refractivity contribution in [2.45, 2.75) is 92.9 Å². The van der Waals surface area contributed by atoms with E-state index in [-0.39, 0.29) is 5.97 Å². The van der Waals surface area contributed by atoms with Crippen molar-refractivity contribution in [3.63, 3.8) is 0 Å². The van der Waals surface area contributed by atoms with Crippen molar-refractivity contribution >= 4 is 17.7 Å². The Hall–Kier alpha value is -3.47. The number of carbonyl (C=O) groups is 3. The van der Waals surface area contributed by atoms with Crippen molar-refractivity contribution < 1.29 is 23.9 Å². The maximum Gasteiger partial charge on any atom is 0.384 e. The van der Waals surface area contributed by atoms with Gasteiger partial charge in [-0.1, -0.05) is 50.1 Å². The Morgan fingerprint density at radius 3 is 1.71 bits per heavy atom. The third-order valence-electron chi connectivity index (χ3n) is 7.36. The van der Waals surface area contributed by atoms with Gasteiger partial charge >= 0.3 is 11.9 Å². The number of Topliss-reactive ketones (excluding diaryl/α,β-unsaturated/α-hetero) is 1. The third-order valence-corrected chi connectivity index (χ3v) is 7.36. The highest BCUT2D eigenvalue weighted by Crippen LogP contribution is 2.30. The number of hydrogen-bond donors (Lipinski definition) is 0. The predicted molar refractivity (Wildman–Crippen MR) is 153 cm³/mol. The summed E-state index contributed by atoms with van der Waals surface area (Å²) in [5.74, 6) is -0.0517. The van der Waals surface area contributed by atoms with E-state index in [1.807, 2.05) is 64.1 Å². The molecule has 5 nitrogen and oxygen atoms in total. The van der Waals surface area contributed by atoms with Gasteiger partial charge < -0.3 is 9.47 Å². The first-order valence-electron chi connectivity index (χ1n) is 13.4. The van der Waals surface area contributed by atoms with Crippen LogP contribution in [0.3, 0.4) is 0 Å². The van der Waals surface area contributed by atoms with Crippen LogP contribution in [0.25, 0.3) is 0 Å². The molecule has 0 spiro atoms. The van der Waals surface area contributed by atoms with E-state index < -0.39 is 11.8 Å². The lowest BCUT2D eigenvalue weighted by molar-refractivity contribution is -0.145. The van der Waals surface area contributed by atoms with Crippen LogP contribution in [0.1, 0.15) is 104 Å². The van der Waals surface area contributed by atoms with Crippen molar-refractivity contribution in [1.29, 1.82) is 0 Å². The summed E-state index contributed by atoms with van der Waals surface area (Å²) in [7, 11) is 0. The highest BCUT2D eigenvalue weighted by molar-refractivity contribution is 6.41. The average Bonchev–Trinajstić information content (AvgIpc) is 2.89. The zero-order valence-corrected chi connectivity index (χ0v) is 24.1. The number of benzene rings is 2. The molecule has 0 amide bonds. The summed E-state index contributed by atoms with van der Waals surface area (Å²) < 4.78 is 10.5. The molecule has 0 heterocycles. The van der Waals surface area contributed by atoms with E-state index in [4.69, 9.17) is 9.47 Å². The van der Waals surface area contributed by atoms with Crippen LogP contribution in [0, 0.1) is 0 Å². The molecule has 0 aliphatic heterocycles. The van der Waals surface area contributed by atoms with Gasteiger partial charge in [-0.2, -0.15) is 0 Å². The molecule has 0 bridgehead atoms. The fourth-order valence-electron chi connectivity index (χ4n) is 4.42. The molecule has 0 saturated carbocycles. The van der Waals surface area contributed by atoms with Gasteiger partial charge in [0.1, 0.15) is 11.5 Å². The number of allylic oxidation sites excluding steroid dienone is 3. The van der Waals surface area contributed by atoms with Gasteiger partial charge in [-0.3, -0.25) is 9.59 Å². The highest BCUT2D eigenvalue weighted by atomic mass is 16.5. The van der Waals surface area contributed by atoms with Crippen LogP contribution in [-0.2, 0) is 14.4 Å².